The number of ether oxygens (including phenoxy) is 1. The zero-order valence-corrected chi connectivity index (χ0v) is 16.2. The van der Waals surface area contributed by atoms with Gasteiger partial charge in [0.25, 0.3) is 10.0 Å². The number of hydrogen-bond acceptors (Lipinski definition) is 4. The Morgan fingerprint density at radius 1 is 0.963 bits per heavy atom. The van der Waals surface area contributed by atoms with Crippen LogP contribution in [0, 0.1) is 13.8 Å². The summed E-state index contributed by atoms with van der Waals surface area (Å²) >= 11 is 0. The van der Waals surface area contributed by atoms with Gasteiger partial charge in [0.05, 0.1) is 22.5 Å². The first kappa shape index (κ1) is 17.5. The molecule has 0 atom stereocenters. The molecule has 138 valence electrons. The number of aromatic nitrogens is 2. The van der Waals surface area contributed by atoms with Crippen molar-refractivity contribution in [2.24, 2.45) is 0 Å². The van der Waals surface area contributed by atoms with Crippen LogP contribution in [0.25, 0.3) is 21.8 Å². The third kappa shape index (κ3) is 2.96. The smallest absolute Gasteiger partial charge is 0.269 e. The Balaban J connectivity index is 1.84. The molecule has 0 radical (unpaired) electrons. The monoisotopic (exact) mass is 380 g/mol. The van der Waals surface area contributed by atoms with E-state index in [1.807, 2.05) is 51.1 Å². The summed E-state index contributed by atoms with van der Waals surface area (Å²) < 4.78 is 33.2. The van der Waals surface area contributed by atoms with E-state index in [-0.39, 0.29) is 4.90 Å². The third-order valence-electron chi connectivity index (χ3n) is 4.78. The van der Waals surface area contributed by atoms with Gasteiger partial charge in [-0.2, -0.15) is 0 Å². The molecule has 0 saturated heterocycles. The zero-order valence-electron chi connectivity index (χ0n) is 15.4. The lowest BCUT2D eigenvalue weighted by Crippen LogP contribution is -2.12. The van der Waals surface area contributed by atoms with Gasteiger partial charge in [0.2, 0.25) is 0 Å². The van der Waals surface area contributed by atoms with Crippen molar-refractivity contribution in [1.82, 2.24) is 8.96 Å². The van der Waals surface area contributed by atoms with Crippen LogP contribution in [0.15, 0.2) is 59.8 Å². The Bertz CT molecular complexity index is 1270. The zero-order chi connectivity index (χ0) is 19.2. The van der Waals surface area contributed by atoms with E-state index in [1.54, 1.807) is 18.2 Å². The third-order valence-corrected chi connectivity index (χ3v) is 6.44. The van der Waals surface area contributed by atoms with Crippen molar-refractivity contribution in [2.45, 2.75) is 25.7 Å². The lowest BCUT2D eigenvalue weighted by atomic mass is 10.1. The molecule has 27 heavy (non-hydrogen) atoms. The van der Waals surface area contributed by atoms with Crippen LogP contribution in [0.5, 0.6) is 5.75 Å². The lowest BCUT2D eigenvalue weighted by molar-refractivity contribution is 0.341. The van der Waals surface area contributed by atoms with Gasteiger partial charge in [-0.3, -0.25) is 0 Å². The van der Waals surface area contributed by atoms with Gasteiger partial charge in [0, 0.05) is 0 Å². The Kier molecular flexibility index (Phi) is 4.15. The SMILES string of the molecule is CCOc1ccc2cc(S(=O)(=O)n3cnc4cc(C)c(C)cc43)ccc2c1. The second-order valence-corrected chi connectivity index (χ2v) is 8.39. The molecule has 0 aliphatic rings. The molecule has 5 nitrogen and oxygen atoms in total. The second-order valence-electron chi connectivity index (χ2n) is 6.57. The molecule has 0 spiro atoms. The molecule has 0 aliphatic carbocycles. The normalized spacial score (nSPS) is 12.0. The molecule has 0 aliphatic heterocycles. The number of aryl methyl sites for hydroxylation is 2. The van der Waals surface area contributed by atoms with Gasteiger partial charge in [-0.05, 0) is 79.1 Å². The predicted molar refractivity (Wildman–Crippen MR) is 107 cm³/mol. The molecule has 1 heterocycles. The van der Waals surface area contributed by atoms with Crippen molar-refractivity contribution in [3.8, 4) is 5.75 Å². The fourth-order valence-electron chi connectivity index (χ4n) is 3.17. The van der Waals surface area contributed by atoms with Crippen LogP contribution in [0.4, 0.5) is 0 Å². The highest BCUT2D eigenvalue weighted by atomic mass is 32.2. The molecule has 0 amide bonds. The summed E-state index contributed by atoms with van der Waals surface area (Å²) in [5.74, 6) is 0.770. The van der Waals surface area contributed by atoms with E-state index in [4.69, 9.17) is 4.74 Å². The van der Waals surface area contributed by atoms with E-state index in [9.17, 15) is 8.42 Å². The minimum atomic E-state index is -3.74. The van der Waals surface area contributed by atoms with Crippen molar-refractivity contribution in [3.05, 3.63) is 66.0 Å². The van der Waals surface area contributed by atoms with Gasteiger partial charge in [-0.25, -0.2) is 17.4 Å². The largest absolute Gasteiger partial charge is 0.494 e. The van der Waals surface area contributed by atoms with E-state index < -0.39 is 10.0 Å². The number of fused-ring (bicyclic) bond motifs is 2. The van der Waals surface area contributed by atoms with Gasteiger partial charge in [-0.1, -0.05) is 12.1 Å². The Hall–Kier alpha value is -2.86. The minimum Gasteiger partial charge on any atom is -0.494 e. The van der Waals surface area contributed by atoms with E-state index >= 15 is 0 Å². The van der Waals surface area contributed by atoms with Gasteiger partial charge >= 0.3 is 0 Å². The number of imidazole rings is 1. The Morgan fingerprint density at radius 2 is 1.67 bits per heavy atom. The maximum atomic E-state index is 13.2. The first-order chi connectivity index (χ1) is 12.9. The highest BCUT2D eigenvalue weighted by molar-refractivity contribution is 7.90. The molecule has 0 fully saturated rings. The molecular weight excluding hydrogens is 360 g/mol. The predicted octanol–water partition coefficient (Wildman–Crippen LogP) is 4.44. The maximum Gasteiger partial charge on any atom is 0.269 e. The van der Waals surface area contributed by atoms with E-state index in [2.05, 4.69) is 4.98 Å². The van der Waals surface area contributed by atoms with Crippen LogP contribution in [0.2, 0.25) is 0 Å². The molecule has 0 unspecified atom stereocenters. The molecule has 1 aromatic heterocycles. The van der Waals surface area contributed by atoms with E-state index in [0.717, 1.165) is 27.6 Å². The van der Waals surface area contributed by atoms with Crippen molar-refractivity contribution >= 4 is 31.8 Å². The lowest BCUT2D eigenvalue weighted by Gasteiger charge is -2.10. The molecular formula is C21H20N2O3S. The van der Waals surface area contributed by atoms with Gasteiger partial charge < -0.3 is 4.74 Å². The summed E-state index contributed by atoms with van der Waals surface area (Å²) in [7, 11) is -3.74. The summed E-state index contributed by atoms with van der Waals surface area (Å²) in [5.41, 5.74) is 3.37. The summed E-state index contributed by atoms with van der Waals surface area (Å²) in [4.78, 5) is 4.51. The van der Waals surface area contributed by atoms with Crippen LogP contribution in [0.3, 0.4) is 0 Å². The molecule has 0 N–H and O–H groups in total. The van der Waals surface area contributed by atoms with Crippen molar-refractivity contribution in [1.29, 1.82) is 0 Å². The number of hydrogen-bond donors (Lipinski definition) is 0. The first-order valence-electron chi connectivity index (χ1n) is 8.76. The number of nitrogens with zero attached hydrogens (tertiary/aromatic N) is 2. The minimum absolute atomic E-state index is 0.233. The van der Waals surface area contributed by atoms with Crippen molar-refractivity contribution in [2.75, 3.05) is 6.61 Å². The maximum absolute atomic E-state index is 13.2. The second kappa shape index (κ2) is 6.39. The highest BCUT2D eigenvalue weighted by Gasteiger charge is 2.20. The number of rotatable bonds is 4. The van der Waals surface area contributed by atoms with Gasteiger partial charge in [0.1, 0.15) is 12.1 Å². The van der Waals surface area contributed by atoms with Crippen LogP contribution in [-0.2, 0) is 10.0 Å². The summed E-state index contributed by atoms with van der Waals surface area (Å²) in [6, 6.07) is 14.5. The van der Waals surface area contributed by atoms with Gasteiger partial charge in [0.15, 0.2) is 0 Å². The molecule has 0 saturated carbocycles. The topological polar surface area (TPSA) is 61.2 Å². The van der Waals surface area contributed by atoms with Crippen LogP contribution < -0.4 is 4.74 Å². The van der Waals surface area contributed by atoms with Crippen LogP contribution >= 0.6 is 0 Å². The number of benzene rings is 3. The first-order valence-corrected chi connectivity index (χ1v) is 10.2. The molecule has 3 aromatic carbocycles. The van der Waals surface area contributed by atoms with Crippen molar-refractivity contribution in [3.63, 3.8) is 0 Å². The van der Waals surface area contributed by atoms with Crippen LogP contribution in [-0.4, -0.2) is 24.0 Å². The van der Waals surface area contributed by atoms with Crippen LogP contribution in [0.1, 0.15) is 18.1 Å². The Labute approximate surface area is 158 Å². The van der Waals surface area contributed by atoms with E-state index in [0.29, 0.717) is 17.6 Å². The van der Waals surface area contributed by atoms with Gasteiger partial charge in [-0.15, -0.1) is 0 Å². The standard InChI is InChI=1S/C21H20N2O3S/c1-4-26-18-7-5-17-12-19(8-6-16(17)11-18)27(24,25)23-13-22-20-9-14(2)15(3)10-21(20)23/h5-13H,4H2,1-3H3. The summed E-state index contributed by atoms with van der Waals surface area (Å²) in [6.07, 6.45) is 1.38. The quantitative estimate of drug-likeness (QED) is 0.525. The molecule has 0 bridgehead atoms. The summed E-state index contributed by atoms with van der Waals surface area (Å²) in [5, 5.41) is 1.78. The average Bonchev–Trinajstić information content (AvgIpc) is 3.05. The molecule has 4 aromatic rings. The fraction of sp³-hybridized carbons (Fsp3) is 0.190. The summed E-state index contributed by atoms with van der Waals surface area (Å²) in [6.45, 7) is 6.47. The fourth-order valence-corrected chi connectivity index (χ4v) is 4.49. The average molecular weight is 380 g/mol. The van der Waals surface area contributed by atoms with Crippen molar-refractivity contribution < 1.29 is 13.2 Å². The van der Waals surface area contributed by atoms with E-state index in [1.165, 1.54) is 10.3 Å². The molecule has 4 rings (SSSR count). The molecule has 6 heteroatoms. The highest BCUT2D eigenvalue weighted by Crippen LogP contribution is 2.27. The Morgan fingerprint density at radius 3 is 2.44 bits per heavy atom.